The third-order valence-electron chi connectivity index (χ3n) is 5.06. The van der Waals surface area contributed by atoms with Gasteiger partial charge in [-0.1, -0.05) is 30.3 Å². The number of rotatable bonds is 4. The molecule has 0 spiro atoms. The highest BCUT2D eigenvalue weighted by molar-refractivity contribution is 5.88. The molecule has 3 rings (SSSR count). The highest BCUT2D eigenvalue weighted by Gasteiger charge is 2.28. The number of hydrogen-bond donors (Lipinski definition) is 1. The zero-order valence-corrected chi connectivity index (χ0v) is 19.1. The highest BCUT2D eigenvalue weighted by atomic mass is 16.6. The van der Waals surface area contributed by atoms with Crippen LogP contribution in [0.4, 0.5) is 4.79 Å². The quantitative estimate of drug-likeness (QED) is 0.355. The third-order valence-corrected chi connectivity index (χ3v) is 5.06. The van der Waals surface area contributed by atoms with Gasteiger partial charge in [-0.3, -0.25) is 0 Å². The van der Waals surface area contributed by atoms with Gasteiger partial charge in [-0.25, -0.2) is 14.4 Å². The van der Waals surface area contributed by atoms with E-state index in [4.69, 9.17) is 13.9 Å². The molecule has 3 aromatic rings. The van der Waals surface area contributed by atoms with Crippen molar-refractivity contribution < 1.29 is 23.5 Å². The molecule has 0 saturated heterocycles. The maximum Gasteiger partial charge on any atom is 0.408 e. The number of hydrogen-bond acceptors (Lipinski definition) is 6. The minimum atomic E-state index is -1.09. The lowest BCUT2D eigenvalue weighted by Crippen LogP contribution is -2.39. The molecular weight excluding hydrogens is 410 g/mol. The van der Waals surface area contributed by atoms with Crippen LogP contribution >= 0.6 is 0 Å². The minimum Gasteiger partial charge on any atom is -0.444 e. The van der Waals surface area contributed by atoms with Gasteiger partial charge in [0.05, 0.1) is 0 Å². The van der Waals surface area contributed by atoms with E-state index in [9.17, 15) is 14.4 Å². The zero-order chi connectivity index (χ0) is 23.6. The Kier molecular flexibility index (Phi) is 6.39. The van der Waals surface area contributed by atoms with Crippen LogP contribution in [0.5, 0.6) is 5.75 Å². The SMILES string of the molecule is Cc1c(C)c2ccc(OC(=O)[C@@H](NC(=O)OC(C)(C)C)c3ccccc3)c(C)c2oc1=O. The van der Waals surface area contributed by atoms with Gasteiger partial charge in [-0.2, -0.15) is 0 Å². The molecule has 0 saturated carbocycles. The smallest absolute Gasteiger partial charge is 0.408 e. The summed E-state index contributed by atoms with van der Waals surface area (Å²) in [6.45, 7) is 10.5. The van der Waals surface area contributed by atoms with Gasteiger partial charge in [-0.15, -0.1) is 0 Å². The lowest BCUT2D eigenvalue weighted by Gasteiger charge is -2.23. The van der Waals surface area contributed by atoms with E-state index in [0.29, 0.717) is 22.3 Å². The molecule has 2 aromatic carbocycles. The number of fused-ring (bicyclic) bond motifs is 1. The molecule has 0 aliphatic heterocycles. The van der Waals surface area contributed by atoms with Crippen LogP contribution in [0, 0.1) is 20.8 Å². The van der Waals surface area contributed by atoms with Crippen molar-refractivity contribution in [2.45, 2.75) is 53.2 Å². The molecule has 0 fully saturated rings. The van der Waals surface area contributed by atoms with E-state index in [1.54, 1.807) is 77.1 Å². The van der Waals surface area contributed by atoms with Gasteiger partial charge in [0.1, 0.15) is 16.9 Å². The van der Waals surface area contributed by atoms with E-state index >= 15 is 0 Å². The molecule has 0 radical (unpaired) electrons. The van der Waals surface area contributed by atoms with Gasteiger partial charge in [0.2, 0.25) is 0 Å². The Morgan fingerprint density at radius 3 is 2.22 bits per heavy atom. The molecule has 1 heterocycles. The fourth-order valence-electron chi connectivity index (χ4n) is 3.25. The van der Waals surface area contributed by atoms with Gasteiger partial charge >= 0.3 is 17.7 Å². The Hall–Kier alpha value is -3.61. The summed E-state index contributed by atoms with van der Waals surface area (Å²) >= 11 is 0. The number of carbonyl (C=O) groups is 2. The van der Waals surface area contributed by atoms with Crippen LogP contribution in [-0.4, -0.2) is 17.7 Å². The molecule has 0 unspecified atom stereocenters. The second kappa shape index (κ2) is 8.86. The molecule has 32 heavy (non-hydrogen) atoms. The average molecular weight is 437 g/mol. The second-order valence-corrected chi connectivity index (χ2v) is 8.62. The van der Waals surface area contributed by atoms with Crippen molar-refractivity contribution in [2.75, 3.05) is 0 Å². The summed E-state index contributed by atoms with van der Waals surface area (Å²) in [4.78, 5) is 37.6. The van der Waals surface area contributed by atoms with E-state index in [1.165, 1.54) is 0 Å². The summed E-state index contributed by atoms with van der Waals surface area (Å²) in [7, 11) is 0. The molecule has 1 aromatic heterocycles. The predicted molar refractivity (Wildman–Crippen MR) is 121 cm³/mol. The van der Waals surface area contributed by atoms with E-state index in [-0.39, 0.29) is 5.75 Å². The number of amides is 1. The zero-order valence-electron chi connectivity index (χ0n) is 19.1. The lowest BCUT2D eigenvalue weighted by molar-refractivity contribution is -0.137. The maximum absolute atomic E-state index is 13.1. The van der Waals surface area contributed by atoms with Crippen molar-refractivity contribution >= 4 is 23.0 Å². The van der Waals surface area contributed by atoms with Crippen LogP contribution in [-0.2, 0) is 9.53 Å². The summed E-state index contributed by atoms with van der Waals surface area (Å²) < 4.78 is 16.4. The molecule has 0 bridgehead atoms. The summed E-state index contributed by atoms with van der Waals surface area (Å²) in [5.74, 6) is -0.462. The van der Waals surface area contributed by atoms with Crippen molar-refractivity contribution in [2.24, 2.45) is 0 Å². The second-order valence-electron chi connectivity index (χ2n) is 8.62. The first-order chi connectivity index (χ1) is 15.0. The molecule has 0 aliphatic rings. The summed E-state index contributed by atoms with van der Waals surface area (Å²) in [5.41, 5.74) is 1.60. The van der Waals surface area contributed by atoms with Crippen LogP contribution in [0.1, 0.15) is 49.1 Å². The molecular formula is C25H27NO6. The largest absolute Gasteiger partial charge is 0.444 e. The molecule has 7 nitrogen and oxygen atoms in total. The summed E-state index contributed by atoms with van der Waals surface area (Å²) in [6, 6.07) is 11.0. The van der Waals surface area contributed by atoms with Crippen LogP contribution in [0.25, 0.3) is 11.0 Å². The fraction of sp³-hybridized carbons (Fsp3) is 0.320. The first-order valence-electron chi connectivity index (χ1n) is 10.3. The normalized spacial score (nSPS) is 12.3. The minimum absolute atomic E-state index is 0.237. The monoisotopic (exact) mass is 437 g/mol. The van der Waals surface area contributed by atoms with Crippen LogP contribution < -0.4 is 15.7 Å². The van der Waals surface area contributed by atoms with Crippen molar-refractivity contribution in [3.8, 4) is 5.75 Å². The summed E-state index contributed by atoms with van der Waals surface area (Å²) in [6.07, 6.45) is -0.740. The van der Waals surface area contributed by atoms with E-state index in [1.807, 2.05) is 6.92 Å². The third kappa shape index (κ3) is 4.99. The maximum atomic E-state index is 13.1. The summed E-state index contributed by atoms with van der Waals surface area (Å²) in [5, 5.41) is 3.35. The van der Waals surface area contributed by atoms with Gasteiger partial charge in [-0.05, 0) is 64.8 Å². The highest BCUT2D eigenvalue weighted by Crippen LogP contribution is 2.30. The van der Waals surface area contributed by atoms with Crippen molar-refractivity contribution in [3.63, 3.8) is 0 Å². The Morgan fingerprint density at radius 2 is 1.59 bits per heavy atom. The number of alkyl carbamates (subject to hydrolysis) is 1. The lowest BCUT2D eigenvalue weighted by atomic mass is 10.0. The molecule has 168 valence electrons. The standard InChI is InChI=1S/C25H27NO6/c1-14-15(2)22(27)31-21-16(3)19(13-12-18(14)21)30-23(28)20(17-10-8-7-9-11-17)26-24(29)32-25(4,5)6/h7-13,20H,1-6H3,(H,26,29)/t20-/m0/s1. The number of aryl methyl sites for hydroxylation is 2. The number of benzene rings is 2. The van der Waals surface area contributed by atoms with Crippen molar-refractivity contribution in [1.29, 1.82) is 0 Å². The molecule has 0 aliphatic carbocycles. The molecule has 1 N–H and O–H groups in total. The van der Waals surface area contributed by atoms with Crippen LogP contribution in [0.2, 0.25) is 0 Å². The van der Waals surface area contributed by atoms with Gasteiger partial charge < -0.3 is 19.2 Å². The van der Waals surface area contributed by atoms with Gasteiger partial charge in [0, 0.05) is 16.5 Å². The number of carbonyl (C=O) groups excluding carboxylic acids is 2. The van der Waals surface area contributed by atoms with Crippen molar-refractivity contribution in [3.05, 3.63) is 75.1 Å². The van der Waals surface area contributed by atoms with E-state index in [0.717, 1.165) is 10.9 Å². The first kappa shape index (κ1) is 23.1. The number of esters is 1. The Morgan fingerprint density at radius 1 is 0.938 bits per heavy atom. The molecule has 7 heteroatoms. The van der Waals surface area contributed by atoms with Gasteiger partial charge in [0.25, 0.3) is 0 Å². The van der Waals surface area contributed by atoms with Crippen LogP contribution in [0.3, 0.4) is 0 Å². The van der Waals surface area contributed by atoms with E-state index < -0.39 is 29.3 Å². The van der Waals surface area contributed by atoms with Gasteiger partial charge in [0.15, 0.2) is 6.04 Å². The predicted octanol–water partition coefficient (Wildman–Crippen LogP) is 4.89. The number of ether oxygens (including phenoxy) is 2. The fourth-order valence-corrected chi connectivity index (χ4v) is 3.25. The Balaban J connectivity index is 1.94. The Labute approximate surface area is 186 Å². The first-order valence-corrected chi connectivity index (χ1v) is 10.3. The number of nitrogens with one attached hydrogen (secondary N) is 1. The van der Waals surface area contributed by atoms with E-state index in [2.05, 4.69) is 5.32 Å². The topological polar surface area (TPSA) is 94.8 Å². The van der Waals surface area contributed by atoms with Crippen LogP contribution in [0.15, 0.2) is 51.7 Å². The average Bonchev–Trinajstić information content (AvgIpc) is 2.72. The molecule has 1 amide bonds. The molecule has 1 atom stereocenters. The Bertz CT molecular complexity index is 1220. The van der Waals surface area contributed by atoms with Crippen molar-refractivity contribution in [1.82, 2.24) is 5.32 Å².